The van der Waals surface area contributed by atoms with Crippen molar-refractivity contribution in [2.45, 2.75) is 52.1 Å². The maximum Gasteiger partial charge on any atom is 0.138 e. The molecule has 21 heavy (non-hydrogen) atoms. The van der Waals surface area contributed by atoms with Gasteiger partial charge < -0.3 is 5.32 Å². The predicted molar refractivity (Wildman–Crippen MR) is 84.0 cm³/mol. The van der Waals surface area contributed by atoms with E-state index in [9.17, 15) is 0 Å². The van der Waals surface area contributed by atoms with Gasteiger partial charge in [0.25, 0.3) is 0 Å². The molecule has 2 rings (SSSR count). The number of aromatic nitrogens is 4. The van der Waals surface area contributed by atoms with Crippen molar-refractivity contribution in [1.29, 1.82) is 0 Å². The third-order valence-corrected chi connectivity index (χ3v) is 3.58. The standard InChI is InChI=1S/C16H25N5/c1-3-10-17-15(9-8-14-7-5-6-11-18-14)12-16-19-13-20-21(16)4-2/h5-7,11,13,15,17H,3-4,8-10,12H2,1-2H3. The molecule has 2 aromatic rings. The minimum atomic E-state index is 0.418. The van der Waals surface area contributed by atoms with E-state index in [4.69, 9.17) is 0 Å². The highest BCUT2D eigenvalue weighted by molar-refractivity contribution is 5.04. The summed E-state index contributed by atoms with van der Waals surface area (Å²) in [6.45, 7) is 6.20. The average Bonchev–Trinajstić information content (AvgIpc) is 2.98. The summed E-state index contributed by atoms with van der Waals surface area (Å²) in [5, 5.41) is 7.87. The van der Waals surface area contributed by atoms with Crippen molar-refractivity contribution >= 4 is 0 Å². The minimum absolute atomic E-state index is 0.418. The zero-order valence-electron chi connectivity index (χ0n) is 13.0. The maximum absolute atomic E-state index is 4.40. The molecule has 0 aliphatic carbocycles. The normalized spacial score (nSPS) is 12.5. The summed E-state index contributed by atoms with van der Waals surface area (Å²) in [5.74, 6) is 1.06. The molecule has 5 nitrogen and oxygen atoms in total. The van der Waals surface area contributed by atoms with Crippen LogP contribution in [0.15, 0.2) is 30.7 Å². The number of nitrogens with one attached hydrogen (secondary N) is 1. The smallest absolute Gasteiger partial charge is 0.138 e. The molecule has 0 aliphatic rings. The molecule has 0 saturated heterocycles. The van der Waals surface area contributed by atoms with Crippen LogP contribution in [0.25, 0.3) is 0 Å². The minimum Gasteiger partial charge on any atom is -0.314 e. The van der Waals surface area contributed by atoms with Crippen LogP contribution in [-0.4, -0.2) is 32.3 Å². The Kier molecular flexibility index (Phi) is 6.34. The highest BCUT2D eigenvalue weighted by atomic mass is 15.3. The van der Waals surface area contributed by atoms with Gasteiger partial charge in [0.05, 0.1) is 0 Å². The van der Waals surface area contributed by atoms with E-state index in [1.54, 1.807) is 6.33 Å². The number of rotatable bonds is 9. The molecule has 1 unspecified atom stereocenters. The molecule has 1 N–H and O–H groups in total. The molecule has 0 fully saturated rings. The summed E-state index contributed by atoms with van der Waals surface area (Å²) in [7, 11) is 0. The second kappa shape index (κ2) is 8.52. The lowest BCUT2D eigenvalue weighted by atomic mass is 10.1. The maximum atomic E-state index is 4.40. The van der Waals surface area contributed by atoms with Crippen LogP contribution in [0.5, 0.6) is 0 Å². The molecule has 0 aliphatic heterocycles. The van der Waals surface area contributed by atoms with Crippen LogP contribution in [0, 0.1) is 0 Å². The van der Waals surface area contributed by atoms with Crippen LogP contribution in [0.1, 0.15) is 38.2 Å². The number of aryl methyl sites for hydroxylation is 2. The fourth-order valence-corrected chi connectivity index (χ4v) is 2.42. The first-order valence-electron chi connectivity index (χ1n) is 7.83. The predicted octanol–water partition coefficient (Wildman–Crippen LogP) is 2.24. The second-order valence-electron chi connectivity index (χ2n) is 5.21. The fourth-order valence-electron chi connectivity index (χ4n) is 2.42. The van der Waals surface area contributed by atoms with Crippen molar-refractivity contribution in [2.75, 3.05) is 6.54 Å². The van der Waals surface area contributed by atoms with Crippen molar-refractivity contribution in [3.05, 3.63) is 42.2 Å². The Morgan fingerprint density at radius 3 is 2.86 bits per heavy atom. The Morgan fingerprint density at radius 1 is 1.24 bits per heavy atom. The first-order chi connectivity index (χ1) is 10.3. The Morgan fingerprint density at radius 2 is 2.14 bits per heavy atom. The lowest BCUT2D eigenvalue weighted by Crippen LogP contribution is -2.33. The molecule has 0 saturated carbocycles. The van der Waals surface area contributed by atoms with Gasteiger partial charge in [0.15, 0.2) is 0 Å². The van der Waals surface area contributed by atoms with Crippen LogP contribution in [0.3, 0.4) is 0 Å². The molecule has 2 aromatic heterocycles. The highest BCUT2D eigenvalue weighted by Crippen LogP contribution is 2.07. The van der Waals surface area contributed by atoms with E-state index < -0.39 is 0 Å². The summed E-state index contributed by atoms with van der Waals surface area (Å²) in [4.78, 5) is 8.79. The molecule has 0 radical (unpaired) electrons. The van der Waals surface area contributed by atoms with Gasteiger partial charge in [-0.05, 0) is 44.9 Å². The lowest BCUT2D eigenvalue weighted by molar-refractivity contribution is 0.454. The topological polar surface area (TPSA) is 55.6 Å². The summed E-state index contributed by atoms with van der Waals surface area (Å²) >= 11 is 0. The van der Waals surface area contributed by atoms with E-state index in [0.29, 0.717) is 6.04 Å². The number of pyridine rings is 1. The van der Waals surface area contributed by atoms with Gasteiger partial charge in [-0.2, -0.15) is 5.10 Å². The van der Waals surface area contributed by atoms with Crippen LogP contribution in [-0.2, 0) is 19.4 Å². The van der Waals surface area contributed by atoms with Crippen LogP contribution >= 0.6 is 0 Å². The molecule has 114 valence electrons. The Labute approximate surface area is 126 Å². The third kappa shape index (κ3) is 4.93. The van der Waals surface area contributed by atoms with Gasteiger partial charge in [-0.25, -0.2) is 4.98 Å². The van der Waals surface area contributed by atoms with E-state index in [-0.39, 0.29) is 0 Å². The van der Waals surface area contributed by atoms with Crippen molar-refractivity contribution in [2.24, 2.45) is 0 Å². The number of nitrogens with zero attached hydrogens (tertiary/aromatic N) is 4. The van der Waals surface area contributed by atoms with Crippen molar-refractivity contribution < 1.29 is 0 Å². The van der Waals surface area contributed by atoms with E-state index in [0.717, 1.165) is 50.3 Å². The van der Waals surface area contributed by atoms with Gasteiger partial charge in [0.2, 0.25) is 0 Å². The molecule has 0 amide bonds. The summed E-state index contributed by atoms with van der Waals surface area (Å²) < 4.78 is 1.97. The van der Waals surface area contributed by atoms with Gasteiger partial charge in [-0.1, -0.05) is 13.0 Å². The SMILES string of the molecule is CCCNC(CCc1ccccn1)Cc1ncnn1CC. The van der Waals surface area contributed by atoms with Gasteiger partial charge in [0, 0.05) is 30.9 Å². The zero-order chi connectivity index (χ0) is 14.9. The molecule has 1 atom stereocenters. The molecular weight excluding hydrogens is 262 g/mol. The van der Waals surface area contributed by atoms with Crippen LogP contribution in [0.4, 0.5) is 0 Å². The lowest BCUT2D eigenvalue weighted by Gasteiger charge is -2.18. The van der Waals surface area contributed by atoms with Crippen molar-refractivity contribution in [1.82, 2.24) is 25.1 Å². The number of hydrogen-bond acceptors (Lipinski definition) is 4. The third-order valence-electron chi connectivity index (χ3n) is 3.58. The zero-order valence-corrected chi connectivity index (χ0v) is 13.0. The molecule has 0 aromatic carbocycles. The van der Waals surface area contributed by atoms with Crippen LogP contribution < -0.4 is 5.32 Å². The molecule has 2 heterocycles. The summed E-state index contributed by atoms with van der Waals surface area (Å²) in [6, 6.07) is 6.51. The quantitative estimate of drug-likeness (QED) is 0.768. The van der Waals surface area contributed by atoms with Gasteiger partial charge in [-0.3, -0.25) is 9.67 Å². The van der Waals surface area contributed by atoms with E-state index >= 15 is 0 Å². The molecular formula is C16H25N5. The average molecular weight is 287 g/mol. The Bertz CT molecular complexity index is 508. The van der Waals surface area contributed by atoms with Crippen LogP contribution in [0.2, 0.25) is 0 Å². The summed E-state index contributed by atoms with van der Waals surface area (Å²) in [6.07, 6.45) is 7.61. The van der Waals surface area contributed by atoms with Crippen molar-refractivity contribution in [3.63, 3.8) is 0 Å². The molecule has 0 bridgehead atoms. The van der Waals surface area contributed by atoms with E-state index in [2.05, 4.69) is 40.3 Å². The molecule has 5 heteroatoms. The highest BCUT2D eigenvalue weighted by Gasteiger charge is 2.13. The van der Waals surface area contributed by atoms with E-state index in [1.165, 1.54) is 0 Å². The monoisotopic (exact) mass is 287 g/mol. The Balaban J connectivity index is 1.94. The van der Waals surface area contributed by atoms with Crippen molar-refractivity contribution in [3.8, 4) is 0 Å². The first-order valence-corrected chi connectivity index (χ1v) is 7.83. The van der Waals surface area contributed by atoms with Gasteiger partial charge >= 0.3 is 0 Å². The molecule has 0 spiro atoms. The van der Waals surface area contributed by atoms with E-state index in [1.807, 2.05) is 23.0 Å². The van der Waals surface area contributed by atoms with Gasteiger partial charge in [0.1, 0.15) is 12.2 Å². The first kappa shape index (κ1) is 15.6. The Hall–Kier alpha value is -1.75. The number of hydrogen-bond donors (Lipinski definition) is 1. The fraction of sp³-hybridized carbons (Fsp3) is 0.562. The van der Waals surface area contributed by atoms with Gasteiger partial charge in [-0.15, -0.1) is 0 Å². The summed E-state index contributed by atoms with van der Waals surface area (Å²) in [5.41, 5.74) is 1.15. The largest absolute Gasteiger partial charge is 0.314 e. The second-order valence-corrected chi connectivity index (χ2v) is 5.21.